The van der Waals surface area contributed by atoms with Crippen molar-refractivity contribution in [1.82, 2.24) is 9.88 Å². The van der Waals surface area contributed by atoms with Crippen LogP contribution in [0.4, 0.5) is 5.82 Å². The van der Waals surface area contributed by atoms with Crippen LogP contribution in [0.25, 0.3) is 0 Å². The van der Waals surface area contributed by atoms with Crippen molar-refractivity contribution in [3.8, 4) is 0 Å². The highest BCUT2D eigenvalue weighted by atomic mass is 35.5. The number of hydrogen-bond acceptors (Lipinski definition) is 4. The zero-order valence-corrected chi connectivity index (χ0v) is 13.0. The third-order valence-electron chi connectivity index (χ3n) is 2.81. The van der Waals surface area contributed by atoms with Gasteiger partial charge in [0, 0.05) is 32.4 Å². The van der Waals surface area contributed by atoms with Crippen molar-refractivity contribution >= 4 is 23.3 Å². The summed E-state index contributed by atoms with van der Waals surface area (Å²) in [7, 11) is 0. The number of carbonyl (C=O) groups excluding carboxylic acids is 1. The highest BCUT2D eigenvalue weighted by Gasteiger charge is 2.15. The molecule has 0 aromatic carbocycles. The van der Waals surface area contributed by atoms with Crippen LogP contribution in [0.1, 0.15) is 31.1 Å². The van der Waals surface area contributed by atoms with E-state index in [1.165, 1.54) is 0 Å². The number of pyridine rings is 1. The summed E-state index contributed by atoms with van der Waals surface area (Å²) in [6.45, 7) is 8.93. The summed E-state index contributed by atoms with van der Waals surface area (Å²) < 4.78 is 5.28. The van der Waals surface area contributed by atoms with E-state index in [2.05, 4.69) is 10.3 Å². The van der Waals surface area contributed by atoms with Gasteiger partial charge in [-0.1, -0.05) is 11.6 Å². The normalized spacial score (nSPS) is 10.4. The fourth-order valence-electron chi connectivity index (χ4n) is 1.76. The van der Waals surface area contributed by atoms with Crippen molar-refractivity contribution in [1.29, 1.82) is 0 Å². The molecule has 0 fully saturated rings. The zero-order valence-electron chi connectivity index (χ0n) is 12.3. The Morgan fingerprint density at radius 2 is 2.20 bits per heavy atom. The SMILES string of the molecule is CCNc1ncc(C(=O)N(CC)CCOCC)cc1Cl. The first-order valence-corrected chi connectivity index (χ1v) is 7.28. The number of rotatable bonds is 8. The Kier molecular flexibility index (Phi) is 7.33. The summed E-state index contributed by atoms with van der Waals surface area (Å²) in [5.41, 5.74) is 0.495. The van der Waals surface area contributed by atoms with Crippen molar-refractivity contribution in [2.24, 2.45) is 0 Å². The van der Waals surface area contributed by atoms with Crippen molar-refractivity contribution in [3.05, 3.63) is 22.8 Å². The lowest BCUT2D eigenvalue weighted by molar-refractivity contribution is 0.0669. The molecule has 0 aliphatic carbocycles. The molecule has 5 nitrogen and oxygen atoms in total. The highest BCUT2D eigenvalue weighted by molar-refractivity contribution is 6.33. The third kappa shape index (κ3) is 4.65. The van der Waals surface area contributed by atoms with Crippen LogP contribution >= 0.6 is 11.6 Å². The molecule has 1 heterocycles. The van der Waals surface area contributed by atoms with Gasteiger partial charge in [-0.15, -0.1) is 0 Å². The zero-order chi connectivity index (χ0) is 15.0. The molecule has 0 saturated carbocycles. The lowest BCUT2D eigenvalue weighted by Crippen LogP contribution is -2.34. The molecule has 0 saturated heterocycles. The third-order valence-corrected chi connectivity index (χ3v) is 3.10. The second-order valence-corrected chi connectivity index (χ2v) is 4.57. The van der Waals surface area contributed by atoms with E-state index in [4.69, 9.17) is 16.3 Å². The summed E-state index contributed by atoms with van der Waals surface area (Å²) in [4.78, 5) is 18.2. The maximum atomic E-state index is 12.3. The van der Waals surface area contributed by atoms with Crippen molar-refractivity contribution < 1.29 is 9.53 Å². The minimum Gasteiger partial charge on any atom is -0.380 e. The standard InChI is InChI=1S/C14H22ClN3O2/c1-4-16-13-12(15)9-11(10-17-13)14(19)18(5-2)7-8-20-6-3/h9-10H,4-8H2,1-3H3,(H,16,17). The lowest BCUT2D eigenvalue weighted by Gasteiger charge is -2.21. The van der Waals surface area contributed by atoms with E-state index >= 15 is 0 Å². The first-order chi connectivity index (χ1) is 9.63. The Labute approximate surface area is 125 Å². The number of hydrogen-bond donors (Lipinski definition) is 1. The van der Waals surface area contributed by atoms with Gasteiger partial charge in [-0.05, 0) is 26.8 Å². The van der Waals surface area contributed by atoms with Crippen LogP contribution in [0, 0.1) is 0 Å². The summed E-state index contributed by atoms with van der Waals surface area (Å²) in [6.07, 6.45) is 1.55. The van der Waals surface area contributed by atoms with Gasteiger partial charge in [0.25, 0.3) is 5.91 Å². The number of nitrogens with one attached hydrogen (secondary N) is 1. The van der Waals surface area contributed by atoms with Gasteiger partial charge in [0.1, 0.15) is 5.82 Å². The quantitative estimate of drug-likeness (QED) is 0.750. The van der Waals surface area contributed by atoms with Crippen LogP contribution in [0.2, 0.25) is 5.02 Å². The molecular weight excluding hydrogens is 278 g/mol. The Balaban J connectivity index is 2.76. The van der Waals surface area contributed by atoms with E-state index in [0.717, 1.165) is 6.54 Å². The van der Waals surface area contributed by atoms with Crippen molar-refractivity contribution in [2.45, 2.75) is 20.8 Å². The molecule has 0 aliphatic rings. The maximum Gasteiger partial charge on any atom is 0.255 e. The molecule has 112 valence electrons. The fraction of sp³-hybridized carbons (Fsp3) is 0.571. The Bertz CT molecular complexity index is 440. The van der Waals surface area contributed by atoms with Crippen molar-refractivity contribution in [3.63, 3.8) is 0 Å². The topological polar surface area (TPSA) is 54.5 Å². The first-order valence-electron chi connectivity index (χ1n) is 6.90. The highest BCUT2D eigenvalue weighted by Crippen LogP contribution is 2.20. The molecule has 0 bridgehead atoms. The number of halogens is 1. The Hall–Kier alpha value is -1.33. The number of ether oxygens (including phenoxy) is 1. The number of amides is 1. The molecule has 0 spiro atoms. The van der Waals surface area contributed by atoms with Crippen LogP contribution in [-0.2, 0) is 4.74 Å². The van der Waals surface area contributed by atoms with Crippen LogP contribution in [0.15, 0.2) is 12.3 Å². The fourth-order valence-corrected chi connectivity index (χ4v) is 1.99. The van der Waals surface area contributed by atoms with E-state index < -0.39 is 0 Å². The van der Waals surface area contributed by atoms with Crippen LogP contribution in [0.5, 0.6) is 0 Å². The number of likely N-dealkylation sites (N-methyl/N-ethyl adjacent to an activating group) is 1. The molecule has 20 heavy (non-hydrogen) atoms. The van der Waals surface area contributed by atoms with Crippen LogP contribution in [0.3, 0.4) is 0 Å². The van der Waals surface area contributed by atoms with Crippen molar-refractivity contribution in [2.75, 3.05) is 38.2 Å². The molecule has 0 aliphatic heterocycles. The molecule has 1 rings (SSSR count). The second-order valence-electron chi connectivity index (χ2n) is 4.17. The predicted octanol–water partition coefficient (Wildman–Crippen LogP) is 2.67. The number of nitrogens with zero attached hydrogens (tertiary/aromatic N) is 2. The smallest absolute Gasteiger partial charge is 0.255 e. The summed E-state index contributed by atoms with van der Waals surface area (Å²) in [5.74, 6) is 0.521. The largest absolute Gasteiger partial charge is 0.380 e. The summed E-state index contributed by atoms with van der Waals surface area (Å²) in [5, 5.41) is 3.50. The molecule has 0 unspecified atom stereocenters. The number of carbonyl (C=O) groups is 1. The van der Waals surface area contributed by atoms with Gasteiger partial charge in [-0.3, -0.25) is 4.79 Å². The molecule has 0 radical (unpaired) electrons. The first kappa shape index (κ1) is 16.7. The summed E-state index contributed by atoms with van der Waals surface area (Å²) >= 11 is 6.11. The van der Waals surface area contributed by atoms with Gasteiger partial charge in [0.15, 0.2) is 0 Å². The molecule has 1 N–H and O–H groups in total. The summed E-state index contributed by atoms with van der Waals surface area (Å²) in [6, 6.07) is 1.65. The molecule has 0 atom stereocenters. The second kappa shape index (κ2) is 8.76. The Morgan fingerprint density at radius 3 is 2.75 bits per heavy atom. The van der Waals surface area contributed by atoms with Gasteiger partial charge >= 0.3 is 0 Å². The van der Waals surface area contributed by atoms with E-state index in [1.54, 1.807) is 17.2 Å². The van der Waals surface area contributed by atoms with Crippen LogP contribution < -0.4 is 5.32 Å². The van der Waals surface area contributed by atoms with Gasteiger partial charge < -0.3 is 15.0 Å². The van der Waals surface area contributed by atoms with Gasteiger partial charge in [-0.25, -0.2) is 4.98 Å². The minimum absolute atomic E-state index is 0.0790. The monoisotopic (exact) mass is 299 g/mol. The van der Waals surface area contributed by atoms with Gasteiger partial charge in [0.05, 0.1) is 17.2 Å². The van der Waals surface area contributed by atoms with Gasteiger partial charge in [-0.2, -0.15) is 0 Å². The van der Waals surface area contributed by atoms with Crippen LogP contribution in [-0.4, -0.2) is 48.6 Å². The maximum absolute atomic E-state index is 12.3. The molecular formula is C14H22ClN3O2. The Morgan fingerprint density at radius 1 is 1.45 bits per heavy atom. The average Bonchev–Trinajstić information content (AvgIpc) is 2.45. The number of anilines is 1. The lowest BCUT2D eigenvalue weighted by atomic mass is 10.2. The minimum atomic E-state index is -0.0790. The molecule has 6 heteroatoms. The number of aromatic nitrogens is 1. The predicted molar refractivity (Wildman–Crippen MR) is 81.5 cm³/mol. The molecule has 1 aromatic rings. The van der Waals surface area contributed by atoms with E-state index in [-0.39, 0.29) is 5.91 Å². The van der Waals surface area contributed by atoms with E-state index in [1.807, 2.05) is 20.8 Å². The van der Waals surface area contributed by atoms with E-state index in [0.29, 0.717) is 42.7 Å². The van der Waals surface area contributed by atoms with E-state index in [9.17, 15) is 4.79 Å². The molecule has 1 aromatic heterocycles. The van der Waals surface area contributed by atoms with Gasteiger partial charge in [0.2, 0.25) is 0 Å². The molecule has 1 amide bonds. The average molecular weight is 300 g/mol.